The molecule has 0 radical (unpaired) electrons. The number of piperazine rings is 1. The van der Waals surface area contributed by atoms with Crippen molar-refractivity contribution in [1.29, 1.82) is 0 Å². The van der Waals surface area contributed by atoms with E-state index in [1.165, 1.54) is 11.1 Å². The van der Waals surface area contributed by atoms with Crippen LogP contribution in [0.15, 0.2) is 53.5 Å². The molecule has 0 aromatic heterocycles. The predicted molar refractivity (Wildman–Crippen MR) is 119 cm³/mol. The van der Waals surface area contributed by atoms with Crippen molar-refractivity contribution in [3.63, 3.8) is 0 Å². The van der Waals surface area contributed by atoms with Crippen molar-refractivity contribution in [1.82, 2.24) is 20.4 Å². The van der Waals surface area contributed by atoms with Gasteiger partial charge in [0.1, 0.15) is 5.75 Å². The molecule has 2 N–H and O–H groups in total. The summed E-state index contributed by atoms with van der Waals surface area (Å²) < 4.78 is 5.41. The lowest BCUT2D eigenvalue weighted by Gasteiger charge is -2.32. The summed E-state index contributed by atoms with van der Waals surface area (Å²) in [6.07, 6.45) is 0. The van der Waals surface area contributed by atoms with Crippen LogP contribution in [0.2, 0.25) is 0 Å². The second-order valence-electron chi connectivity index (χ2n) is 7.49. The second-order valence-corrected chi connectivity index (χ2v) is 7.49. The second kappa shape index (κ2) is 10.8. The zero-order valence-corrected chi connectivity index (χ0v) is 17.8. The number of nitrogens with one attached hydrogen (secondary N) is 2. The number of nitrogens with zero attached hydrogens (tertiary/aromatic N) is 3. The third kappa shape index (κ3) is 6.48. The zero-order valence-electron chi connectivity index (χ0n) is 17.8. The average molecular weight is 396 g/mol. The third-order valence-electron chi connectivity index (χ3n) is 5.35. The maximum absolute atomic E-state index is 5.41. The molecule has 6 nitrogen and oxygen atoms in total. The van der Waals surface area contributed by atoms with E-state index in [2.05, 4.69) is 62.8 Å². The highest BCUT2D eigenvalue weighted by atomic mass is 16.5. The Morgan fingerprint density at radius 1 is 0.931 bits per heavy atom. The summed E-state index contributed by atoms with van der Waals surface area (Å²) in [7, 11) is 5.67. The van der Waals surface area contributed by atoms with Crippen molar-refractivity contribution >= 4 is 5.96 Å². The summed E-state index contributed by atoms with van der Waals surface area (Å²) in [6.45, 7) is 7.03. The van der Waals surface area contributed by atoms with Crippen molar-refractivity contribution < 1.29 is 4.74 Å². The molecule has 0 bridgehead atoms. The number of rotatable bonds is 7. The Labute approximate surface area is 174 Å². The van der Waals surface area contributed by atoms with Crippen LogP contribution in [-0.2, 0) is 19.6 Å². The summed E-state index contributed by atoms with van der Waals surface area (Å²) in [6, 6.07) is 16.9. The van der Waals surface area contributed by atoms with Crippen LogP contribution < -0.4 is 15.4 Å². The largest absolute Gasteiger partial charge is 0.496 e. The van der Waals surface area contributed by atoms with Gasteiger partial charge in [-0.3, -0.25) is 9.89 Å². The summed E-state index contributed by atoms with van der Waals surface area (Å²) in [5.41, 5.74) is 3.72. The lowest BCUT2D eigenvalue weighted by atomic mass is 10.1. The Morgan fingerprint density at radius 3 is 2.28 bits per heavy atom. The highest BCUT2D eigenvalue weighted by Gasteiger charge is 2.13. The minimum atomic E-state index is 0.660. The smallest absolute Gasteiger partial charge is 0.191 e. The molecular weight excluding hydrogens is 362 g/mol. The Morgan fingerprint density at radius 2 is 1.59 bits per heavy atom. The number of likely N-dealkylation sites (N-methyl/N-ethyl adjacent to an activating group) is 1. The number of ether oxygens (including phenoxy) is 1. The lowest BCUT2D eigenvalue weighted by molar-refractivity contribution is 0.148. The van der Waals surface area contributed by atoms with Gasteiger partial charge in [-0.15, -0.1) is 0 Å². The average Bonchev–Trinajstić information content (AvgIpc) is 2.76. The van der Waals surface area contributed by atoms with Crippen LogP contribution in [0.1, 0.15) is 16.7 Å². The molecule has 1 saturated heterocycles. The minimum absolute atomic E-state index is 0.660. The molecule has 0 amide bonds. The van der Waals surface area contributed by atoms with Gasteiger partial charge in [0, 0.05) is 58.4 Å². The molecule has 2 aromatic carbocycles. The van der Waals surface area contributed by atoms with Gasteiger partial charge in [-0.2, -0.15) is 0 Å². The van der Waals surface area contributed by atoms with Crippen molar-refractivity contribution in [2.45, 2.75) is 19.6 Å². The van der Waals surface area contributed by atoms with Gasteiger partial charge in [-0.1, -0.05) is 42.5 Å². The number of para-hydroxylation sites is 1. The molecule has 2 aromatic rings. The molecule has 29 heavy (non-hydrogen) atoms. The summed E-state index contributed by atoms with van der Waals surface area (Å²) in [4.78, 5) is 9.23. The molecule has 3 rings (SSSR count). The van der Waals surface area contributed by atoms with Gasteiger partial charge in [0.2, 0.25) is 0 Å². The van der Waals surface area contributed by atoms with Crippen molar-refractivity contribution in [2.75, 3.05) is 47.4 Å². The maximum atomic E-state index is 5.41. The number of methoxy groups -OCH3 is 1. The van der Waals surface area contributed by atoms with Crippen LogP contribution in [0.5, 0.6) is 5.75 Å². The maximum Gasteiger partial charge on any atom is 0.191 e. The molecule has 1 heterocycles. The lowest BCUT2D eigenvalue weighted by Crippen LogP contribution is -2.43. The predicted octanol–water partition coefficient (Wildman–Crippen LogP) is 2.31. The molecule has 1 aliphatic heterocycles. The van der Waals surface area contributed by atoms with Gasteiger partial charge >= 0.3 is 0 Å². The molecule has 0 spiro atoms. The Hall–Kier alpha value is -2.57. The van der Waals surface area contributed by atoms with E-state index in [0.717, 1.165) is 56.5 Å². The molecular formula is C23H33N5O. The van der Waals surface area contributed by atoms with Crippen molar-refractivity contribution in [2.24, 2.45) is 4.99 Å². The van der Waals surface area contributed by atoms with Crippen molar-refractivity contribution in [3.05, 3.63) is 65.2 Å². The first-order valence-electron chi connectivity index (χ1n) is 10.2. The fraction of sp³-hybridized carbons (Fsp3) is 0.435. The molecule has 156 valence electrons. The Bertz CT molecular complexity index is 782. The monoisotopic (exact) mass is 395 g/mol. The standard InChI is InChI=1S/C23H33N5O/c1-24-23(26-17-21-6-4-5-7-22(21)29-3)25-16-19-8-10-20(11-9-19)18-28-14-12-27(2)13-15-28/h4-11H,12-18H2,1-3H3,(H2,24,25,26). The van der Waals surface area contributed by atoms with Gasteiger partial charge in [-0.25, -0.2) is 0 Å². The molecule has 0 saturated carbocycles. The first kappa shape index (κ1) is 21.1. The highest BCUT2D eigenvalue weighted by molar-refractivity contribution is 5.79. The molecule has 0 atom stereocenters. The van der Waals surface area contributed by atoms with Crippen molar-refractivity contribution in [3.8, 4) is 5.75 Å². The third-order valence-corrected chi connectivity index (χ3v) is 5.35. The molecule has 1 fully saturated rings. The minimum Gasteiger partial charge on any atom is -0.496 e. The van der Waals surface area contributed by atoms with Crippen LogP contribution in [0, 0.1) is 0 Å². The zero-order chi connectivity index (χ0) is 20.5. The van der Waals surface area contributed by atoms with Gasteiger partial charge < -0.3 is 20.3 Å². The quantitative estimate of drug-likeness (QED) is 0.557. The van der Waals surface area contributed by atoms with E-state index in [0.29, 0.717) is 6.54 Å². The van der Waals surface area contributed by atoms with Gasteiger partial charge in [0.05, 0.1) is 7.11 Å². The van der Waals surface area contributed by atoms with Gasteiger partial charge in [0.15, 0.2) is 5.96 Å². The van der Waals surface area contributed by atoms with E-state index >= 15 is 0 Å². The Kier molecular flexibility index (Phi) is 7.90. The van der Waals surface area contributed by atoms with Crippen LogP contribution in [0.4, 0.5) is 0 Å². The SMILES string of the molecule is CN=C(NCc1ccc(CN2CCN(C)CC2)cc1)NCc1ccccc1OC. The Balaban J connectivity index is 1.45. The molecule has 6 heteroatoms. The normalized spacial score (nSPS) is 15.9. The van der Waals surface area contributed by atoms with Crippen LogP contribution in [-0.4, -0.2) is 63.1 Å². The number of aliphatic imine (C=N–C) groups is 1. The molecule has 1 aliphatic rings. The van der Waals surface area contributed by atoms with Crippen LogP contribution in [0.25, 0.3) is 0 Å². The number of hydrogen-bond donors (Lipinski definition) is 2. The number of guanidine groups is 1. The van der Waals surface area contributed by atoms with Gasteiger partial charge in [-0.05, 0) is 24.2 Å². The topological polar surface area (TPSA) is 52.1 Å². The van der Waals surface area contributed by atoms with E-state index < -0.39 is 0 Å². The van der Waals surface area contributed by atoms with E-state index in [1.54, 1.807) is 14.2 Å². The van der Waals surface area contributed by atoms with Crippen LogP contribution >= 0.6 is 0 Å². The van der Waals surface area contributed by atoms with E-state index in [-0.39, 0.29) is 0 Å². The number of benzene rings is 2. The van der Waals surface area contributed by atoms with E-state index in [4.69, 9.17) is 4.74 Å². The van der Waals surface area contributed by atoms with Crippen LogP contribution in [0.3, 0.4) is 0 Å². The highest BCUT2D eigenvalue weighted by Crippen LogP contribution is 2.16. The van der Waals surface area contributed by atoms with E-state index in [9.17, 15) is 0 Å². The van der Waals surface area contributed by atoms with Gasteiger partial charge in [0.25, 0.3) is 0 Å². The molecule has 0 aliphatic carbocycles. The summed E-state index contributed by atoms with van der Waals surface area (Å²) >= 11 is 0. The number of hydrogen-bond acceptors (Lipinski definition) is 4. The first-order chi connectivity index (χ1) is 14.2. The fourth-order valence-corrected chi connectivity index (χ4v) is 3.46. The first-order valence-corrected chi connectivity index (χ1v) is 10.2. The molecule has 0 unspecified atom stereocenters. The summed E-state index contributed by atoms with van der Waals surface area (Å²) in [5, 5.41) is 6.73. The summed E-state index contributed by atoms with van der Waals surface area (Å²) in [5.74, 6) is 1.66. The fourth-order valence-electron chi connectivity index (χ4n) is 3.46. The van der Waals surface area contributed by atoms with E-state index in [1.807, 2.05) is 18.2 Å².